The Balaban J connectivity index is 2.42. The summed E-state index contributed by atoms with van der Waals surface area (Å²) in [5, 5.41) is 8.83. The highest BCUT2D eigenvalue weighted by Crippen LogP contribution is 2.12. The highest BCUT2D eigenvalue weighted by atomic mass is 16.2. The van der Waals surface area contributed by atoms with E-state index in [0.29, 0.717) is 19.5 Å². The molecule has 0 aliphatic carbocycles. The number of nitriles is 1. The average Bonchev–Trinajstić information content (AvgIpc) is 2.76. The second kappa shape index (κ2) is 6.26. The normalized spacial score (nSPS) is 20.8. The molecule has 0 radical (unpaired) electrons. The number of unbranched alkanes of at least 4 members (excludes halogenated alkanes) is 1. The van der Waals surface area contributed by atoms with Gasteiger partial charge in [0.05, 0.1) is 12.1 Å². The predicted molar refractivity (Wildman–Crippen MR) is 61.1 cm³/mol. The molecule has 4 N–H and O–H groups in total. The number of hydrogen-bond acceptors (Lipinski definition) is 4. The van der Waals surface area contributed by atoms with Crippen LogP contribution in [0.1, 0.15) is 19.3 Å². The van der Waals surface area contributed by atoms with Gasteiger partial charge in [-0.2, -0.15) is 5.26 Å². The summed E-state index contributed by atoms with van der Waals surface area (Å²) >= 11 is 0. The van der Waals surface area contributed by atoms with Crippen LogP contribution in [0.5, 0.6) is 0 Å². The van der Waals surface area contributed by atoms with E-state index in [1.165, 1.54) is 4.90 Å². The van der Waals surface area contributed by atoms with Gasteiger partial charge in [0.1, 0.15) is 6.04 Å². The van der Waals surface area contributed by atoms with Gasteiger partial charge in [-0.25, -0.2) is 0 Å². The summed E-state index contributed by atoms with van der Waals surface area (Å²) in [5.41, 5.74) is 11.2. The molecule has 2 atom stereocenters. The molecule has 5 nitrogen and oxygen atoms in total. The third kappa shape index (κ3) is 3.05. The zero-order chi connectivity index (χ0) is 12.0. The summed E-state index contributed by atoms with van der Waals surface area (Å²) in [6.45, 7) is 1.11. The summed E-state index contributed by atoms with van der Waals surface area (Å²) in [6.07, 6.45) is 5.90. The zero-order valence-corrected chi connectivity index (χ0v) is 9.30. The van der Waals surface area contributed by atoms with Crippen molar-refractivity contribution < 1.29 is 4.79 Å². The van der Waals surface area contributed by atoms with Crippen LogP contribution < -0.4 is 11.5 Å². The molecular weight excluding hydrogens is 204 g/mol. The summed E-state index contributed by atoms with van der Waals surface area (Å²) in [4.78, 5) is 13.4. The van der Waals surface area contributed by atoms with Crippen molar-refractivity contribution in [1.82, 2.24) is 4.90 Å². The van der Waals surface area contributed by atoms with Gasteiger partial charge in [-0.15, -0.1) is 0 Å². The Bertz CT molecular complexity index is 308. The van der Waals surface area contributed by atoms with E-state index < -0.39 is 12.1 Å². The highest BCUT2D eigenvalue weighted by Gasteiger charge is 2.27. The molecule has 0 aromatic rings. The first-order valence-corrected chi connectivity index (χ1v) is 5.53. The fourth-order valence-corrected chi connectivity index (χ4v) is 1.71. The lowest BCUT2D eigenvalue weighted by Crippen LogP contribution is -2.45. The number of amides is 1. The van der Waals surface area contributed by atoms with E-state index in [9.17, 15) is 4.79 Å². The molecule has 0 saturated heterocycles. The lowest BCUT2D eigenvalue weighted by Gasteiger charge is -2.23. The van der Waals surface area contributed by atoms with E-state index in [2.05, 4.69) is 6.07 Å². The second-order valence-electron chi connectivity index (χ2n) is 3.88. The standard InChI is InChI=1S/C11H18N4O/c12-6-2-1-5-10(14)11(16)15-7-3-4-9(15)8-13/h3-4,9-10H,1-2,5-7,12,14H2/t9-,10-/m0/s1. The lowest BCUT2D eigenvalue weighted by molar-refractivity contribution is -0.132. The topological polar surface area (TPSA) is 96.1 Å². The molecule has 0 bridgehead atoms. The van der Waals surface area contributed by atoms with Crippen LogP contribution in [-0.2, 0) is 4.79 Å². The van der Waals surface area contributed by atoms with Crippen molar-refractivity contribution in [3.63, 3.8) is 0 Å². The highest BCUT2D eigenvalue weighted by molar-refractivity contribution is 5.83. The van der Waals surface area contributed by atoms with Crippen molar-refractivity contribution in [2.45, 2.75) is 31.3 Å². The Hall–Kier alpha value is -1.38. The monoisotopic (exact) mass is 222 g/mol. The fourth-order valence-electron chi connectivity index (χ4n) is 1.71. The van der Waals surface area contributed by atoms with Crippen LogP contribution in [0, 0.1) is 11.3 Å². The lowest BCUT2D eigenvalue weighted by atomic mass is 10.1. The number of carbonyl (C=O) groups is 1. The Morgan fingerprint density at radius 3 is 3.00 bits per heavy atom. The van der Waals surface area contributed by atoms with Gasteiger partial charge in [-0.05, 0) is 25.5 Å². The van der Waals surface area contributed by atoms with E-state index in [0.717, 1.165) is 12.8 Å². The van der Waals surface area contributed by atoms with Crippen molar-refractivity contribution in [3.8, 4) is 6.07 Å². The van der Waals surface area contributed by atoms with E-state index in [1.54, 1.807) is 6.08 Å². The molecule has 1 rings (SSSR count). The Kier molecular flexibility index (Phi) is 4.96. The number of nitrogens with zero attached hydrogens (tertiary/aromatic N) is 2. The first-order chi connectivity index (χ1) is 7.70. The molecule has 1 aliphatic rings. The molecule has 1 aliphatic heterocycles. The molecule has 0 fully saturated rings. The van der Waals surface area contributed by atoms with Gasteiger partial charge in [0.2, 0.25) is 5.91 Å². The number of hydrogen-bond donors (Lipinski definition) is 2. The van der Waals surface area contributed by atoms with Gasteiger partial charge >= 0.3 is 0 Å². The quantitative estimate of drug-likeness (QED) is 0.494. The van der Waals surface area contributed by atoms with Crippen LogP contribution in [0.2, 0.25) is 0 Å². The van der Waals surface area contributed by atoms with Crippen molar-refractivity contribution in [1.29, 1.82) is 5.26 Å². The molecule has 88 valence electrons. The maximum Gasteiger partial charge on any atom is 0.241 e. The minimum atomic E-state index is -0.512. The Morgan fingerprint density at radius 2 is 2.38 bits per heavy atom. The van der Waals surface area contributed by atoms with Crippen LogP contribution in [-0.4, -0.2) is 36.0 Å². The van der Waals surface area contributed by atoms with Crippen LogP contribution in [0.15, 0.2) is 12.2 Å². The second-order valence-corrected chi connectivity index (χ2v) is 3.88. The largest absolute Gasteiger partial charge is 0.330 e. The molecule has 5 heteroatoms. The van der Waals surface area contributed by atoms with E-state index in [-0.39, 0.29) is 5.91 Å². The maximum absolute atomic E-state index is 11.9. The van der Waals surface area contributed by atoms with Crippen LogP contribution in [0.4, 0.5) is 0 Å². The molecular formula is C11H18N4O. The molecule has 0 saturated carbocycles. The minimum absolute atomic E-state index is 0.145. The van der Waals surface area contributed by atoms with Crippen molar-refractivity contribution in [2.75, 3.05) is 13.1 Å². The SMILES string of the molecule is N#C[C@@H]1C=CCN1C(=O)[C@@H](N)CCCCN. The van der Waals surface area contributed by atoms with E-state index >= 15 is 0 Å². The van der Waals surface area contributed by atoms with Crippen LogP contribution in [0.25, 0.3) is 0 Å². The number of rotatable bonds is 5. The third-order valence-electron chi connectivity index (χ3n) is 2.66. The first-order valence-electron chi connectivity index (χ1n) is 5.53. The van der Waals surface area contributed by atoms with Gasteiger partial charge in [-0.3, -0.25) is 4.79 Å². The minimum Gasteiger partial charge on any atom is -0.330 e. The predicted octanol–water partition coefficient (Wildman–Crippen LogP) is -0.267. The molecule has 1 amide bonds. The van der Waals surface area contributed by atoms with Crippen molar-refractivity contribution in [3.05, 3.63) is 12.2 Å². The van der Waals surface area contributed by atoms with Gasteiger partial charge in [0, 0.05) is 6.54 Å². The van der Waals surface area contributed by atoms with Crippen LogP contribution in [0.3, 0.4) is 0 Å². The van der Waals surface area contributed by atoms with E-state index in [1.807, 2.05) is 6.08 Å². The molecule has 0 aromatic heterocycles. The van der Waals surface area contributed by atoms with Crippen LogP contribution >= 0.6 is 0 Å². The molecule has 1 heterocycles. The number of nitrogens with two attached hydrogens (primary N) is 2. The van der Waals surface area contributed by atoms with Crippen molar-refractivity contribution >= 4 is 5.91 Å². The number of carbonyl (C=O) groups excluding carboxylic acids is 1. The summed E-state index contributed by atoms with van der Waals surface area (Å²) in [6, 6.07) is 1.10. The first kappa shape index (κ1) is 12.7. The maximum atomic E-state index is 11.9. The van der Waals surface area contributed by atoms with E-state index in [4.69, 9.17) is 16.7 Å². The molecule has 0 aromatic carbocycles. The Labute approximate surface area is 95.7 Å². The molecule has 0 spiro atoms. The summed E-state index contributed by atoms with van der Waals surface area (Å²) < 4.78 is 0. The smallest absolute Gasteiger partial charge is 0.241 e. The molecule has 16 heavy (non-hydrogen) atoms. The zero-order valence-electron chi connectivity index (χ0n) is 9.30. The fraction of sp³-hybridized carbons (Fsp3) is 0.636. The Morgan fingerprint density at radius 1 is 1.62 bits per heavy atom. The van der Waals surface area contributed by atoms with Gasteiger partial charge < -0.3 is 16.4 Å². The average molecular weight is 222 g/mol. The summed E-state index contributed by atoms with van der Waals surface area (Å²) in [5.74, 6) is -0.145. The van der Waals surface area contributed by atoms with Gasteiger partial charge in [0.15, 0.2) is 0 Å². The van der Waals surface area contributed by atoms with Gasteiger partial charge in [-0.1, -0.05) is 12.5 Å². The van der Waals surface area contributed by atoms with Gasteiger partial charge in [0.25, 0.3) is 0 Å². The molecule has 0 unspecified atom stereocenters. The van der Waals surface area contributed by atoms with Crippen molar-refractivity contribution in [2.24, 2.45) is 11.5 Å². The summed E-state index contributed by atoms with van der Waals surface area (Å²) in [7, 11) is 0. The third-order valence-corrected chi connectivity index (χ3v) is 2.66.